The van der Waals surface area contributed by atoms with Gasteiger partial charge in [0.1, 0.15) is 5.82 Å². The molecule has 0 spiro atoms. The minimum Gasteiger partial charge on any atom is -0.398 e. The Kier molecular flexibility index (Phi) is 2.92. The van der Waals surface area contributed by atoms with Crippen molar-refractivity contribution in [1.82, 2.24) is 4.98 Å². The number of thiazole rings is 1. The van der Waals surface area contributed by atoms with Gasteiger partial charge in [-0.05, 0) is 23.6 Å². The molecule has 0 unspecified atom stereocenters. The zero-order chi connectivity index (χ0) is 11.7. The van der Waals surface area contributed by atoms with Crippen molar-refractivity contribution in [3.05, 3.63) is 35.2 Å². The minimum atomic E-state index is -0.249. The Bertz CT molecular complexity index is 492. The van der Waals surface area contributed by atoms with E-state index >= 15 is 0 Å². The Balaban J connectivity index is 2.62. The van der Waals surface area contributed by atoms with E-state index in [4.69, 9.17) is 5.73 Å². The maximum Gasteiger partial charge on any atom is 0.124 e. The van der Waals surface area contributed by atoms with Crippen LogP contribution < -0.4 is 5.73 Å². The van der Waals surface area contributed by atoms with Crippen LogP contribution in [-0.2, 0) is 0 Å². The van der Waals surface area contributed by atoms with Crippen LogP contribution in [0.4, 0.5) is 10.1 Å². The normalized spacial score (nSPS) is 11.0. The van der Waals surface area contributed by atoms with Gasteiger partial charge in [0, 0.05) is 17.4 Å². The van der Waals surface area contributed by atoms with E-state index in [-0.39, 0.29) is 11.7 Å². The first-order valence-electron chi connectivity index (χ1n) is 5.07. The number of hydrogen-bond donors (Lipinski definition) is 1. The summed E-state index contributed by atoms with van der Waals surface area (Å²) < 4.78 is 13.5. The zero-order valence-electron chi connectivity index (χ0n) is 9.20. The molecular weight excluding hydrogens is 223 g/mol. The first-order valence-corrected chi connectivity index (χ1v) is 5.95. The van der Waals surface area contributed by atoms with Crippen LogP contribution in [0.2, 0.25) is 0 Å². The van der Waals surface area contributed by atoms with Crippen molar-refractivity contribution >= 4 is 17.0 Å². The molecule has 0 fully saturated rings. The second kappa shape index (κ2) is 4.22. The molecule has 0 radical (unpaired) electrons. The molecule has 0 amide bonds. The molecule has 2 nitrogen and oxygen atoms in total. The number of anilines is 1. The van der Waals surface area contributed by atoms with Crippen LogP contribution in [-0.4, -0.2) is 4.98 Å². The van der Waals surface area contributed by atoms with Crippen LogP contribution in [0.3, 0.4) is 0 Å². The summed E-state index contributed by atoms with van der Waals surface area (Å²) in [5.41, 5.74) is 10.0. The fourth-order valence-corrected chi connectivity index (χ4v) is 2.32. The number of nitrogens with zero attached hydrogens (tertiary/aromatic N) is 1. The quantitative estimate of drug-likeness (QED) is 0.808. The molecule has 2 aromatic rings. The van der Waals surface area contributed by atoms with Crippen LogP contribution in [0.5, 0.6) is 0 Å². The summed E-state index contributed by atoms with van der Waals surface area (Å²) in [4.78, 5) is 4.89. The number of nitrogen functional groups attached to an aromatic ring is 1. The summed E-state index contributed by atoms with van der Waals surface area (Å²) in [6.45, 7) is 4.00. The number of aromatic nitrogens is 1. The molecular formula is C12H13FN2S. The SMILES string of the molecule is CC(C)c1cc(F)cc(-c2cncs2)c1N. The van der Waals surface area contributed by atoms with Gasteiger partial charge >= 0.3 is 0 Å². The van der Waals surface area contributed by atoms with Crippen molar-refractivity contribution in [2.75, 3.05) is 5.73 Å². The molecule has 84 valence electrons. The molecule has 0 bridgehead atoms. The van der Waals surface area contributed by atoms with E-state index in [0.29, 0.717) is 5.69 Å². The number of hydrogen-bond acceptors (Lipinski definition) is 3. The molecule has 0 saturated heterocycles. The van der Waals surface area contributed by atoms with Crippen molar-refractivity contribution in [2.45, 2.75) is 19.8 Å². The molecule has 0 saturated carbocycles. The van der Waals surface area contributed by atoms with E-state index in [1.165, 1.54) is 23.5 Å². The first kappa shape index (κ1) is 11.1. The Morgan fingerprint density at radius 1 is 1.38 bits per heavy atom. The largest absolute Gasteiger partial charge is 0.398 e. The summed E-state index contributed by atoms with van der Waals surface area (Å²) in [6, 6.07) is 2.97. The second-order valence-corrected chi connectivity index (χ2v) is 4.86. The number of halogens is 1. The Labute approximate surface area is 97.9 Å². The molecule has 2 N–H and O–H groups in total. The van der Waals surface area contributed by atoms with E-state index < -0.39 is 0 Å². The van der Waals surface area contributed by atoms with Crippen molar-refractivity contribution < 1.29 is 4.39 Å². The van der Waals surface area contributed by atoms with Crippen LogP contribution in [0.15, 0.2) is 23.8 Å². The molecule has 2 rings (SSSR count). The van der Waals surface area contributed by atoms with Gasteiger partial charge in [0.25, 0.3) is 0 Å². The highest BCUT2D eigenvalue weighted by molar-refractivity contribution is 7.13. The Morgan fingerprint density at radius 3 is 2.69 bits per heavy atom. The van der Waals surface area contributed by atoms with Crippen LogP contribution >= 0.6 is 11.3 Å². The van der Waals surface area contributed by atoms with Gasteiger partial charge in [-0.2, -0.15) is 0 Å². The number of rotatable bonds is 2. The summed E-state index contributed by atoms with van der Waals surface area (Å²) in [7, 11) is 0. The lowest BCUT2D eigenvalue weighted by Gasteiger charge is -2.13. The highest BCUT2D eigenvalue weighted by Gasteiger charge is 2.13. The molecule has 0 aliphatic rings. The van der Waals surface area contributed by atoms with Gasteiger partial charge in [-0.1, -0.05) is 13.8 Å². The molecule has 4 heteroatoms. The third kappa shape index (κ3) is 1.93. The summed E-state index contributed by atoms with van der Waals surface area (Å²) in [5, 5.41) is 0. The fraction of sp³-hybridized carbons (Fsp3) is 0.250. The maximum absolute atomic E-state index is 13.5. The lowest BCUT2D eigenvalue weighted by atomic mass is 9.97. The molecule has 0 aliphatic heterocycles. The van der Waals surface area contributed by atoms with Gasteiger partial charge in [-0.15, -0.1) is 11.3 Å². The third-order valence-corrected chi connectivity index (χ3v) is 3.30. The average molecular weight is 236 g/mol. The molecule has 16 heavy (non-hydrogen) atoms. The lowest BCUT2D eigenvalue weighted by molar-refractivity contribution is 0.624. The smallest absolute Gasteiger partial charge is 0.124 e. The second-order valence-electron chi connectivity index (χ2n) is 3.98. The monoisotopic (exact) mass is 236 g/mol. The number of benzene rings is 1. The summed E-state index contributed by atoms with van der Waals surface area (Å²) in [5.74, 6) is -0.0383. The van der Waals surface area contributed by atoms with Crippen LogP contribution in [0.1, 0.15) is 25.3 Å². The topological polar surface area (TPSA) is 38.9 Å². The highest BCUT2D eigenvalue weighted by atomic mass is 32.1. The highest BCUT2D eigenvalue weighted by Crippen LogP contribution is 2.35. The molecule has 1 aromatic carbocycles. The summed E-state index contributed by atoms with van der Waals surface area (Å²) >= 11 is 1.46. The van der Waals surface area contributed by atoms with Crippen molar-refractivity contribution in [3.63, 3.8) is 0 Å². The van der Waals surface area contributed by atoms with Gasteiger partial charge in [0.15, 0.2) is 0 Å². The van der Waals surface area contributed by atoms with Gasteiger partial charge in [-0.25, -0.2) is 4.39 Å². The van der Waals surface area contributed by atoms with Gasteiger partial charge in [-0.3, -0.25) is 4.98 Å². The predicted octanol–water partition coefficient (Wildman–Crippen LogP) is 3.65. The van der Waals surface area contributed by atoms with Gasteiger partial charge in [0.2, 0.25) is 0 Å². The van der Waals surface area contributed by atoms with E-state index in [9.17, 15) is 4.39 Å². The molecule has 1 heterocycles. The van der Waals surface area contributed by atoms with Crippen molar-refractivity contribution in [2.24, 2.45) is 0 Å². The maximum atomic E-state index is 13.5. The van der Waals surface area contributed by atoms with Gasteiger partial charge < -0.3 is 5.73 Å². The summed E-state index contributed by atoms with van der Waals surface area (Å²) in [6.07, 6.45) is 1.71. The standard InChI is InChI=1S/C12H13FN2S/c1-7(2)9-3-8(13)4-10(12(9)14)11-5-15-6-16-11/h3-7H,14H2,1-2H3. The van der Waals surface area contributed by atoms with Crippen molar-refractivity contribution in [3.8, 4) is 10.4 Å². The number of nitrogens with two attached hydrogens (primary N) is 1. The molecule has 1 aromatic heterocycles. The van der Waals surface area contributed by atoms with E-state index in [0.717, 1.165) is 16.0 Å². The van der Waals surface area contributed by atoms with Gasteiger partial charge in [0.05, 0.1) is 10.4 Å². The lowest BCUT2D eigenvalue weighted by Crippen LogP contribution is -2.00. The minimum absolute atomic E-state index is 0.211. The van der Waals surface area contributed by atoms with Crippen LogP contribution in [0.25, 0.3) is 10.4 Å². The van der Waals surface area contributed by atoms with Crippen molar-refractivity contribution in [1.29, 1.82) is 0 Å². The van der Waals surface area contributed by atoms with E-state index in [1.807, 2.05) is 13.8 Å². The molecule has 0 atom stereocenters. The Morgan fingerprint density at radius 2 is 2.12 bits per heavy atom. The predicted molar refractivity (Wildman–Crippen MR) is 66.0 cm³/mol. The van der Waals surface area contributed by atoms with E-state index in [2.05, 4.69) is 4.98 Å². The zero-order valence-corrected chi connectivity index (χ0v) is 10.0. The third-order valence-electron chi connectivity index (χ3n) is 2.50. The fourth-order valence-electron chi connectivity index (χ4n) is 1.67. The van der Waals surface area contributed by atoms with E-state index in [1.54, 1.807) is 11.7 Å². The molecule has 0 aliphatic carbocycles. The first-order chi connectivity index (χ1) is 7.59. The Hall–Kier alpha value is -1.42. The average Bonchev–Trinajstić information content (AvgIpc) is 2.73. The van der Waals surface area contributed by atoms with Crippen LogP contribution in [0, 0.1) is 5.82 Å².